The Kier molecular flexibility index (Phi) is 4.84. The van der Waals surface area contributed by atoms with E-state index in [9.17, 15) is 4.79 Å². The number of hydrogen-bond acceptors (Lipinski definition) is 4. The van der Waals surface area contributed by atoms with Gasteiger partial charge in [-0.3, -0.25) is 4.79 Å². The molecule has 2 N–H and O–H groups in total. The number of rotatable bonds is 4. The minimum Gasteiger partial charge on any atom is -0.497 e. The van der Waals surface area contributed by atoms with Crippen LogP contribution in [0.2, 0.25) is 0 Å². The normalized spacial score (nSPS) is 18.6. The van der Waals surface area contributed by atoms with E-state index in [1.54, 1.807) is 37.3 Å². The minimum atomic E-state index is -0.0840. The number of hydrogen-bond donors (Lipinski definition) is 1. The quantitative estimate of drug-likeness (QED) is 0.855. The van der Waals surface area contributed by atoms with Crippen LogP contribution in [0.25, 0.3) is 0 Å². The molecule has 1 aromatic rings. The Bertz CT molecular complexity index is 470. The van der Waals surface area contributed by atoms with E-state index in [1.165, 1.54) is 0 Å². The van der Waals surface area contributed by atoms with Gasteiger partial charge in [-0.15, -0.1) is 0 Å². The van der Waals surface area contributed by atoms with E-state index >= 15 is 0 Å². The van der Waals surface area contributed by atoms with Crippen LogP contribution in [0.3, 0.4) is 0 Å². The Morgan fingerprint density at radius 3 is 2.90 bits per heavy atom. The summed E-state index contributed by atoms with van der Waals surface area (Å²) >= 11 is 0. The second-order valence-electron chi connectivity index (χ2n) is 5.13. The summed E-state index contributed by atoms with van der Waals surface area (Å²) in [6.45, 7) is 1.39. The zero-order chi connectivity index (χ0) is 14.5. The average Bonchev–Trinajstić information content (AvgIpc) is 2.47. The lowest BCUT2D eigenvalue weighted by Crippen LogP contribution is -2.37. The molecule has 20 heavy (non-hydrogen) atoms. The Morgan fingerprint density at radius 1 is 1.50 bits per heavy atom. The number of anilines is 1. The first-order valence-corrected chi connectivity index (χ1v) is 6.92. The van der Waals surface area contributed by atoms with E-state index in [4.69, 9.17) is 15.2 Å². The van der Waals surface area contributed by atoms with E-state index in [-0.39, 0.29) is 12.0 Å². The van der Waals surface area contributed by atoms with Crippen molar-refractivity contribution in [2.45, 2.75) is 25.4 Å². The SMILES string of the molecule is COc1ccc(C(=O)N(C)CC2CCCCO2)c(N)c1. The molecule has 110 valence electrons. The number of nitrogen functional groups attached to an aromatic ring is 1. The molecule has 0 aliphatic carbocycles. The molecule has 0 saturated carbocycles. The van der Waals surface area contributed by atoms with E-state index in [0.717, 1.165) is 25.9 Å². The highest BCUT2D eigenvalue weighted by Crippen LogP contribution is 2.21. The van der Waals surface area contributed by atoms with Gasteiger partial charge in [-0.25, -0.2) is 0 Å². The molecule has 0 aromatic heterocycles. The zero-order valence-electron chi connectivity index (χ0n) is 12.1. The Balaban J connectivity index is 2.02. The Morgan fingerprint density at radius 2 is 2.30 bits per heavy atom. The summed E-state index contributed by atoms with van der Waals surface area (Å²) < 4.78 is 10.7. The minimum absolute atomic E-state index is 0.0840. The highest BCUT2D eigenvalue weighted by molar-refractivity contribution is 5.99. The van der Waals surface area contributed by atoms with Gasteiger partial charge in [-0.1, -0.05) is 0 Å². The van der Waals surface area contributed by atoms with Crippen LogP contribution >= 0.6 is 0 Å². The molecule has 1 heterocycles. The maximum absolute atomic E-state index is 12.4. The average molecular weight is 278 g/mol. The third-order valence-corrected chi connectivity index (χ3v) is 3.59. The van der Waals surface area contributed by atoms with E-state index in [2.05, 4.69) is 0 Å². The van der Waals surface area contributed by atoms with Crippen molar-refractivity contribution < 1.29 is 14.3 Å². The van der Waals surface area contributed by atoms with Gasteiger partial charge in [0.25, 0.3) is 5.91 Å². The molecule has 1 aliphatic rings. The van der Waals surface area contributed by atoms with Crippen molar-refractivity contribution in [2.24, 2.45) is 0 Å². The number of methoxy groups -OCH3 is 1. The number of benzene rings is 1. The molecule has 1 amide bonds. The second-order valence-corrected chi connectivity index (χ2v) is 5.13. The van der Waals surface area contributed by atoms with Crippen LogP contribution in [0, 0.1) is 0 Å². The van der Waals surface area contributed by atoms with Crippen molar-refractivity contribution in [3.63, 3.8) is 0 Å². The second kappa shape index (κ2) is 6.61. The van der Waals surface area contributed by atoms with Crippen molar-refractivity contribution >= 4 is 11.6 Å². The summed E-state index contributed by atoms with van der Waals surface area (Å²) in [7, 11) is 3.35. The molecule has 0 bridgehead atoms. The molecular formula is C15H22N2O3. The standard InChI is InChI=1S/C15H22N2O3/c1-17(10-12-5-3-4-8-20-12)15(18)13-7-6-11(19-2)9-14(13)16/h6-7,9,12H,3-5,8,10,16H2,1-2H3. The predicted molar refractivity (Wildman–Crippen MR) is 78.0 cm³/mol. The van der Waals surface area contributed by atoms with Gasteiger partial charge >= 0.3 is 0 Å². The molecule has 1 unspecified atom stereocenters. The first kappa shape index (κ1) is 14.7. The van der Waals surface area contributed by atoms with Crippen LogP contribution in [-0.2, 0) is 4.74 Å². The van der Waals surface area contributed by atoms with Gasteiger partial charge in [0.2, 0.25) is 0 Å². The zero-order valence-corrected chi connectivity index (χ0v) is 12.1. The lowest BCUT2D eigenvalue weighted by molar-refractivity contribution is -0.000170. The van der Waals surface area contributed by atoms with Crippen molar-refractivity contribution in [1.29, 1.82) is 0 Å². The smallest absolute Gasteiger partial charge is 0.255 e. The molecule has 1 fully saturated rings. The highest BCUT2D eigenvalue weighted by Gasteiger charge is 2.21. The summed E-state index contributed by atoms with van der Waals surface area (Å²) in [4.78, 5) is 14.1. The summed E-state index contributed by atoms with van der Waals surface area (Å²) in [6, 6.07) is 5.11. The lowest BCUT2D eigenvalue weighted by Gasteiger charge is -2.27. The van der Waals surface area contributed by atoms with Crippen LogP contribution in [0.5, 0.6) is 5.75 Å². The van der Waals surface area contributed by atoms with Crippen LogP contribution in [0.15, 0.2) is 18.2 Å². The van der Waals surface area contributed by atoms with Gasteiger partial charge in [0.05, 0.1) is 18.8 Å². The summed E-state index contributed by atoms with van der Waals surface area (Å²) in [5.74, 6) is 0.566. The summed E-state index contributed by atoms with van der Waals surface area (Å²) in [5, 5.41) is 0. The van der Waals surface area contributed by atoms with E-state index in [1.807, 2.05) is 0 Å². The number of amides is 1. The van der Waals surface area contributed by atoms with E-state index < -0.39 is 0 Å². The first-order valence-electron chi connectivity index (χ1n) is 6.92. The largest absolute Gasteiger partial charge is 0.497 e. The third kappa shape index (κ3) is 3.42. The van der Waals surface area contributed by atoms with Crippen LogP contribution in [-0.4, -0.2) is 44.2 Å². The van der Waals surface area contributed by atoms with Crippen LogP contribution < -0.4 is 10.5 Å². The topological polar surface area (TPSA) is 64.8 Å². The fraction of sp³-hybridized carbons (Fsp3) is 0.533. The number of carbonyl (C=O) groups is 1. The summed E-state index contributed by atoms with van der Waals surface area (Å²) in [5.41, 5.74) is 6.85. The van der Waals surface area contributed by atoms with Crippen molar-refractivity contribution in [3.8, 4) is 5.75 Å². The maximum Gasteiger partial charge on any atom is 0.255 e. The maximum atomic E-state index is 12.4. The van der Waals surface area contributed by atoms with Gasteiger partial charge in [-0.05, 0) is 31.4 Å². The molecular weight excluding hydrogens is 256 g/mol. The van der Waals surface area contributed by atoms with Gasteiger partial charge in [0.15, 0.2) is 0 Å². The number of likely N-dealkylation sites (N-methyl/N-ethyl adjacent to an activating group) is 1. The summed E-state index contributed by atoms with van der Waals surface area (Å²) in [6.07, 6.45) is 3.42. The number of carbonyl (C=O) groups excluding carboxylic acids is 1. The molecule has 0 spiro atoms. The van der Waals surface area contributed by atoms with Crippen molar-refractivity contribution in [2.75, 3.05) is 33.0 Å². The number of nitrogens with zero attached hydrogens (tertiary/aromatic N) is 1. The fourth-order valence-corrected chi connectivity index (χ4v) is 2.41. The molecule has 1 aliphatic heterocycles. The van der Waals surface area contributed by atoms with Gasteiger partial charge in [0.1, 0.15) is 5.75 Å². The molecule has 5 nitrogen and oxygen atoms in total. The van der Waals surface area contributed by atoms with Crippen LogP contribution in [0.4, 0.5) is 5.69 Å². The Labute approximate surface area is 119 Å². The Hall–Kier alpha value is -1.75. The predicted octanol–water partition coefficient (Wildman–Crippen LogP) is 1.92. The monoisotopic (exact) mass is 278 g/mol. The number of nitrogens with two attached hydrogens (primary N) is 1. The molecule has 1 atom stereocenters. The fourth-order valence-electron chi connectivity index (χ4n) is 2.41. The van der Waals surface area contributed by atoms with Gasteiger partial charge < -0.3 is 20.1 Å². The molecule has 0 radical (unpaired) electrons. The molecule has 1 saturated heterocycles. The first-order chi connectivity index (χ1) is 9.61. The number of ether oxygens (including phenoxy) is 2. The van der Waals surface area contributed by atoms with Crippen molar-refractivity contribution in [1.82, 2.24) is 4.90 Å². The van der Waals surface area contributed by atoms with Gasteiger partial charge in [0, 0.05) is 32.0 Å². The van der Waals surface area contributed by atoms with Gasteiger partial charge in [-0.2, -0.15) is 0 Å². The molecule has 5 heteroatoms. The third-order valence-electron chi connectivity index (χ3n) is 3.59. The highest BCUT2D eigenvalue weighted by atomic mass is 16.5. The molecule has 2 rings (SSSR count). The van der Waals surface area contributed by atoms with E-state index in [0.29, 0.717) is 23.5 Å². The lowest BCUT2D eigenvalue weighted by atomic mass is 10.1. The van der Waals surface area contributed by atoms with Crippen LogP contribution in [0.1, 0.15) is 29.6 Å². The molecule has 1 aromatic carbocycles. The van der Waals surface area contributed by atoms with Crippen molar-refractivity contribution in [3.05, 3.63) is 23.8 Å².